The number of rotatable bonds is 7. The van der Waals surface area contributed by atoms with E-state index in [2.05, 4.69) is 15.1 Å². The van der Waals surface area contributed by atoms with Crippen molar-refractivity contribution in [3.63, 3.8) is 0 Å². The monoisotopic (exact) mass is 374 g/mol. The number of benzene rings is 1. The summed E-state index contributed by atoms with van der Waals surface area (Å²) in [6, 6.07) is 5.60. The smallest absolute Gasteiger partial charge is 0.227 e. The first-order valence-electron chi connectivity index (χ1n) is 9.09. The Labute approximate surface area is 159 Å². The van der Waals surface area contributed by atoms with Crippen molar-refractivity contribution in [2.24, 2.45) is 0 Å². The van der Waals surface area contributed by atoms with Crippen LogP contribution < -0.4 is 9.47 Å². The van der Waals surface area contributed by atoms with E-state index in [1.165, 1.54) is 0 Å². The molecule has 2 aromatic rings. The molecule has 146 valence electrons. The van der Waals surface area contributed by atoms with Gasteiger partial charge in [-0.05, 0) is 17.7 Å². The predicted octanol–water partition coefficient (Wildman–Crippen LogP) is 1.32. The Bertz CT molecular complexity index is 769. The van der Waals surface area contributed by atoms with Gasteiger partial charge in [0.2, 0.25) is 17.7 Å². The van der Waals surface area contributed by atoms with Gasteiger partial charge in [-0.1, -0.05) is 6.07 Å². The zero-order valence-electron chi connectivity index (χ0n) is 16.1. The van der Waals surface area contributed by atoms with Crippen LogP contribution in [0.4, 0.5) is 0 Å². The molecule has 1 aliphatic rings. The van der Waals surface area contributed by atoms with Crippen molar-refractivity contribution in [3.8, 4) is 11.5 Å². The number of hydrogen-bond donors (Lipinski definition) is 0. The van der Waals surface area contributed by atoms with Gasteiger partial charge in [-0.25, -0.2) is 0 Å². The summed E-state index contributed by atoms with van der Waals surface area (Å²) in [5.74, 6) is 2.70. The first-order chi connectivity index (χ1) is 13.1. The van der Waals surface area contributed by atoms with E-state index in [1.54, 1.807) is 21.1 Å². The molecule has 0 saturated carbocycles. The van der Waals surface area contributed by atoms with Gasteiger partial charge in [-0.3, -0.25) is 9.69 Å². The maximum Gasteiger partial charge on any atom is 0.227 e. The lowest BCUT2D eigenvalue weighted by molar-refractivity contribution is -0.132. The number of hydrogen-bond acceptors (Lipinski definition) is 7. The molecule has 1 amide bonds. The van der Waals surface area contributed by atoms with E-state index >= 15 is 0 Å². The Kier molecular flexibility index (Phi) is 6.28. The van der Waals surface area contributed by atoms with Crippen LogP contribution in [0.25, 0.3) is 0 Å². The van der Waals surface area contributed by atoms with E-state index in [0.29, 0.717) is 29.7 Å². The number of ether oxygens (including phenoxy) is 2. The fraction of sp³-hybridized carbons (Fsp3) is 0.526. The number of nitrogens with zero attached hydrogens (tertiary/aromatic N) is 4. The van der Waals surface area contributed by atoms with Crippen molar-refractivity contribution in [3.05, 3.63) is 35.5 Å². The molecule has 0 bridgehead atoms. The van der Waals surface area contributed by atoms with Gasteiger partial charge in [-0.2, -0.15) is 0 Å². The van der Waals surface area contributed by atoms with Gasteiger partial charge in [-0.15, -0.1) is 10.2 Å². The molecule has 8 heteroatoms. The summed E-state index contributed by atoms with van der Waals surface area (Å²) in [6.45, 7) is 5.82. The van der Waals surface area contributed by atoms with Gasteiger partial charge in [0, 0.05) is 46.1 Å². The zero-order valence-corrected chi connectivity index (χ0v) is 16.1. The summed E-state index contributed by atoms with van der Waals surface area (Å²) in [5, 5.41) is 7.86. The Morgan fingerprint density at radius 3 is 2.48 bits per heavy atom. The third kappa shape index (κ3) is 4.97. The predicted molar refractivity (Wildman–Crippen MR) is 99.0 cm³/mol. The summed E-state index contributed by atoms with van der Waals surface area (Å²) < 4.78 is 16.0. The molecule has 8 nitrogen and oxygen atoms in total. The second-order valence-electron chi connectivity index (χ2n) is 6.55. The molecule has 27 heavy (non-hydrogen) atoms. The van der Waals surface area contributed by atoms with Gasteiger partial charge >= 0.3 is 0 Å². The maximum absolute atomic E-state index is 12.6. The number of amides is 1. The number of carbonyl (C=O) groups excluding carboxylic acids is 1. The molecule has 0 N–H and O–H groups in total. The van der Waals surface area contributed by atoms with Gasteiger partial charge in [0.15, 0.2) is 11.5 Å². The van der Waals surface area contributed by atoms with E-state index in [4.69, 9.17) is 13.9 Å². The second kappa shape index (κ2) is 8.85. The average Bonchev–Trinajstić information content (AvgIpc) is 3.11. The normalized spacial score (nSPS) is 15.0. The van der Waals surface area contributed by atoms with E-state index in [9.17, 15) is 4.79 Å². The van der Waals surface area contributed by atoms with Gasteiger partial charge in [0.1, 0.15) is 0 Å². The van der Waals surface area contributed by atoms with E-state index in [-0.39, 0.29) is 5.91 Å². The van der Waals surface area contributed by atoms with Crippen molar-refractivity contribution in [1.82, 2.24) is 20.0 Å². The van der Waals surface area contributed by atoms with Crippen LogP contribution >= 0.6 is 0 Å². The molecule has 1 aliphatic heterocycles. The zero-order chi connectivity index (χ0) is 19.2. The molecule has 0 radical (unpaired) electrons. The van der Waals surface area contributed by atoms with E-state index in [1.807, 2.05) is 23.1 Å². The Balaban J connectivity index is 1.47. The first kappa shape index (κ1) is 19.2. The number of aromatic nitrogens is 2. The average molecular weight is 374 g/mol. The van der Waals surface area contributed by atoms with Gasteiger partial charge < -0.3 is 18.8 Å². The van der Waals surface area contributed by atoms with Crippen LogP contribution in [0.15, 0.2) is 22.6 Å². The summed E-state index contributed by atoms with van der Waals surface area (Å²) in [6.07, 6.45) is 1.10. The molecule has 3 rings (SSSR count). The summed E-state index contributed by atoms with van der Waals surface area (Å²) in [5.41, 5.74) is 0.923. The van der Waals surface area contributed by atoms with Gasteiger partial charge in [0.05, 0.1) is 20.6 Å². The topological polar surface area (TPSA) is 80.9 Å². The van der Waals surface area contributed by atoms with Crippen LogP contribution in [-0.4, -0.2) is 72.8 Å². The number of carbonyl (C=O) groups is 1. The van der Waals surface area contributed by atoms with E-state index < -0.39 is 0 Å². The largest absolute Gasteiger partial charge is 0.493 e. The van der Waals surface area contributed by atoms with Crippen molar-refractivity contribution in [2.45, 2.75) is 19.8 Å². The highest BCUT2D eigenvalue weighted by Crippen LogP contribution is 2.27. The highest BCUT2D eigenvalue weighted by Gasteiger charge is 2.21. The lowest BCUT2D eigenvalue weighted by Gasteiger charge is -2.34. The molecule has 0 aliphatic carbocycles. The standard InChI is InChI=1S/C19H26N4O4/c1-14-20-21-18(27-14)6-7-22-8-10-23(11-9-22)19(24)13-15-4-5-16(25-2)17(12-15)26-3/h4-5,12H,6-11,13H2,1-3H3. The van der Waals surface area contributed by atoms with Crippen LogP contribution in [0, 0.1) is 6.92 Å². The lowest BCUT2D eigenvalue weighted by Crippen LogP contribution is -2.49. The Morgan fingerprint density at radius 1 is 1.11 bits per heavy atom. The molecule has 2 heterocycles. The van der Waals surface area contributed by atoms with E-state index in [0.717, 1.165) is 44.7 Å². The second-order valence-corrected chi connectivity index (χ2v) is 6.55. The van der Waals surface area contributed by atoms with Crippen molar-refractivity contribution in [2.75, 3.05) is 46.9 Å². The SMILES string of the molecule is COc1ccc(CC(=O)N2CCN(CCc3nnc(C)o3)CC2)cc1OC. The number of piperazine rings is 1. The summed E-state index contributed by atoms with van der Waals surface area (Å²) >= 11 is 0. The third-order valence-electron chi connectivity index (χ3n) is 4.74. The highest BCUT2D eigenvalue weighted by molar-refractivity contribution is 5.79. The Hall–Kier alpha value is -2.61. The molecule has 0 atom stereocenters. The molecule has 1 aromatic heterocycles. The molecular formula is C19H26N4O4. The summed E-state index contributed by atoms with van der Waals surface area (Å²) in [4.78, 5) is 16.9. The van der Waals surface area contributed by atoms with Crippen molar-refractivity contribution < 1.29 is 18.7 Å². The van der Waals surface area contributed by atoms with Gasteiger partial charge in [0.25, 0.3) is 0 Å². The maximum atomic E-state index is 12.6. The van der Waals surface area contributed by atoms with Crippen LogP contribution in [0.2, 0.25) is 0 Å². The summed E-state index contributed by atoms with van der Waals surface area (Å²) in [7, 11) is 3.19. The van der Waals surface area contributed by atoms with Crippen molar-refractivity contribution >= 4 is 5.91 Å². The fourth-order valence-electron chi connectivity index (χ4n) is 3.19. The molecule has 1 saturated heterocycles. The van der Waals surface area contributed by atoms with Crippen LogP contribution in [0.3, 0.4) is 0 Å². The Morgan fingerprint density at radius 2 is 1.85 bits per heavy atom. The molecule has 0 spiro atoms. The first-order valence-corrected chi connectivity index (χ1v) is 9.09. The number of methoxy groups -OCH3 is 2. The van der Waals surface area contributed by atoms with Crippen LogP contribution in [0.5, 0.6) is 11.5 Å². The quantitative estimate of drug-likeness (QED) is 0.723. The molecule has 1 fully saturated rings. The minimum Gasteiger partial charge on any atom is -0.493 e. The van der Waals surface area contributed by atoms with Crippen LogP contribution in [0.1, 0.15) is 17.3 Å². The van der Waals surface area contributed by atoms with Crippen LogP contribution in [-0.2, 0) is 17.6 Å². The minimum atomic E-state index is 0.134. The molecule has 1 aromatic carbocycles. The lowest BCUT2D eigenvalue weighted by atomic mass is 10.1. The number of aryl methyl sites for hydroxylation is 1. The minimum absolute atomic E-state index is 0.134. The molecular weight excluding hydrogens is 348 g/mol. The highest BCUT2D eigenvalue weighted by atomic mass is 16.5. The third-order valence-corrected chi connectivity index (χ3v) is 4.74. The molecule has 0 unspecified atom stereocenters. The van der Waals surface area contributed by atoms with Crippen molar-refractivity contribution in [1.29, 1.82) is 0 Å². The fourth-order valence-corrected chi connectivity index (χ4v) is 3.19.